The molecular formula is C20H17NO3. The number of fused-ring (bicyclic) bond motifs is 3. The van der Waals surface area contributed by atoms with Crippen LogP contribution in [0, 0.1) is 0 Å². The van der Waals surface area contributed by atoms with Gasteiger partial charge in [-0.1, -0.05) is 31.2 Å². The molecule has 4 nitrogen and oxygen atoms in total. The minimum absolute atomic E-state index is 0.0247. The summed E-state index contributed by atoms with van der Waals surface area (Å²) in [4.78, 5) is 16.4. The molecule has 0 fully saturated rings. The lowest BCUT2D eigenvalue weighted by atomic mass is 10.0. The molecule has 0 unspecified atom stereocenters. The first-order valence-corrected chi connectivity index (χ1v) is 8.02. The summed E-state index contributed by atoms with van der Waals surface area (Å²) in [5, 5.41) is 2.56. The first-order valence-electron chi connectivity index (χ1n) is 8.02. The van der Waals surface area contributed by atoms with Crippen LogP contribution in [-0.2, 0) is 0 Å². The molecule has 4 aromatic rings. The number of hydrogen-bond donors (Lipinski definition) is 1. The fraction of sp³-hybridized carbons (Fsp3) is 0.150. The highest BCUT2D eigenvalue weighted by atomic mass is 16.5. The van der Waals surface area contributed by atoms with E-state index < -0.39 is 0 Å². The van der Waals surface area contributed by atoms with Crippen LogP contribution in [0.1, 0.15) is 13.3 Å². The molecule has 1 N–H and O–H groups in total. The van der Waals surface area contributed by atoms with Crippen molar-refractivity contribution in [3.8, 4) is 16.9 Å². The Morgan fingerprint density at radius 1 is 1.21 bits per heavy atom. The Labute approximate surface area is 138 Å². The topological polar surface area (TPSA) is 55.2 Å². The van der Waals surface area contributed by atoms with Crippen molar-refractivity contribution in [2.45, 2.75) is 13.3 Å². The van der Waals surface area contributed by atoms with Crippen molar-refractivity contribution in [2.75, 3.05) is 6.61 Å². The van der Waals surface area contributed by atoms with Gasteiger partial charge in [-0.3, -0.25) is 4.79 Å². The summed E-state index contributed by atoms with van der Waals surface area (Å²) in [6.45, 7) is 2.67. The quantitative estimate of drug-likeness (QED) is 0.553. The Morgan fingerprint density at radius 2 is 2.08 bits per heavy atom. The maximum Gasteiger partial charge on any atom is 0.198 e. The van der Waals surface area contributed by atoms with Gasteiger partial charge in [0.1, 0.15) is 5.75 Å². The molecule has 4 rings (SSSR count). The third kappa shape index (κ3) is 2.27. The van der Waals surface area contributed by atoms with E-state index in [0.29, 0.717) is 23.3 Å². The maximum atomic E-state index is 13.1. The molecule has 2 heterocycles. The van der Waals surface area contributed by atoms with Gasteiger partial charge in [-0.25, -0.2) is 0 Å². The van der Waals surface area contributed by atoms with Gasteiger partial charge in [0, 0.05) is 17.3 Å². The maximum absolute atomic E-state index is 13.1. The second kappa shape index (κ2) is 5.89. The van der Waals surface area contributed by atoms with Crippen molar-refractivity contribution in [1.82, 2.24) is 4.98 Å². The van der Waals surface area contributed by atoms with Crippen LogP contribution in [0.2, 0.25) is 0 Å². The predicted octanol–water partition coefficient (Wildman–Crippen LogP) is 4.73. The first kappa shape index (κ1) is 14.6. The molecule has 0 bridgehead atoms. The van der Waals surface area contributed by atoms with Gasteiger partial charge < -0.3 is 14.1 Å². The van der Waals surface area contributed by atoms with E-state index in [1.165, 1.54) is 0 Å². The summed E-state index contributed by atoms with van der Waals surface area (Å²) in [6.07, 6.45) is 5.78. The van der Waals surface area contributed by atoms with Gasteiger partial charge in [-0.15, -0.1) is 0 Å². The molecule has 0 aliphatic carbocycles. The molecule has 4 heteroatoms. The van der Waals surface area contributed by atoms with Crippen LogP contribution in [0.3, 0.4) is 0 Å². The Hall–Kier alpha value is -3.01. The second-order valence-corrected chi connectivity index (χ2v) is 5.74. The number of aromatic amines is 1. The lowest BCUT2D eigenvalue weighted by Crippen LogP contribution is -2.08. The number of benzene rings is 2. The van der Waals surface area contributed by atoms with Gasteiger partial charge in [0.25, 0.3) is 0 Å². The van der Waals surface area contributed by atoms with Crippen molar-refractivity contribution < 1.29 is 9.15 Å². The van der Waals surface area contributed by atoms with Crippen molar-refractivity contribution in [3.05, 3.63) is 65.3 Å². The average Bonchev–Trinajstić information content (AvgIpc) is 3.14. The van der Waals surface area contributed by atoms with E-state index in [4.69, 9.17) is 9.15 Å². The van der Waals surface area contributed by atoms with Crippen molar-refractivity contribution in [1.29, 1.82) is 0 Å². The molecule has 0 aliphatic rings. The summed E-state index contributed by atoms with van der Waals surface area (Å²) in [7, 11) is 0. The van der Waals surface area contributed by atoms with Crippen LogP contribution in [0.15, 0.2) is 64.3 Å². The Bertz CT molecular complexity index is 1060. The Kier molecular flexibility index (Phi) is 3.58. The van der Waals surface area contributed by atoms with Crippen molar-refractivity contribution >= 4 is 21.7 Å². The highest BCUT2D eigenvalue weighted by Crippen LogP contribution is 2.32. The summed E-state index contributed by atoms with van der Waals surface area (Å²) in [5.41, 5.74) is 2.07. The molecule has 2 aromatic carbocycles. The molecule has 120 valence electrons. The molecule has 0 atom stereocenters. The largest absolute Gasteiger partial charge is 0.491 e. The van der Waals surface area contributed by atoms with Gasteiger partial charge in [0.15, 0.2) is 5.43 Å². The van der Waals surface area contributed by atoms with Crippen LogP contribution in [0.25, 0.3) is 32.8 Å². The third-order valence-electron chi connectivity index (χ3n) is 4.14. The standard InChI is InChI=1S/C20H17NO3/c1-2-8-24-17-10-13-5-3-4-6-15(13)18-19(17)21-11-16(20(18)22)14-7-9-23-12-14/h3-7,9-12H,2,8H2,1H3,(H,21,22). The molecule has 0 saturated heterocycles. The first-order chi connectivity index (χ1) is 11.8. The van der Waals surface area contributed by atoms with Crippen LogP contribution < -0.4 is 10.2 Å². The molecule has 0 saturated carbocycles. The van der Waals surface area contributed by atoms with Gasteiger partial charge in [0.2, 0.25) is 0 Å². The van der Waals surface area contributed by atoms with Gasteiger partial charge >= 0.3 is 0 Å². The number of pyridine rings is 1. The summed E-state index contributed by atoms with van der Waals surface area (Å²) >= 11 is 0. The van der Waals surface area contributed by atoms with E-state index in [0.717, 1.165) is 28.3 Å². The second-order valence-electron chi connectivity index (χ2n) is 5.74. The average molecular weight is 319 g/mol. The molecule has 0 spiro atoms. The fourth-order valence-electron chi connectivity index (χ4n) is 3.00. The number of rotatable bonds is 4. The smallest absolute Gasteiger partial charge is 0.198 e. The van der Waals surface area contributed by atoms with Crippen LogP contribution in [-0.4, -0.2) is 11.6 Å². The SMILES string of the molecule is CCCOc1cc2ccccc2c2c(=O)c(-c3ccoc3)c[nH]c12. The molecular weight excluding hydrogens is 302 g/mol. The van der Waals surface area contributed by atoms with Crippen molar-refractivity contribution in [3.63, 3.8) is 0 Å². The van der Waals surface area contributed by atoms with E-state index in [-0.39, 0.29) is 5.43 Å². The lowest BCUT2D eigenvalue weighted by Gasteiger charge is -2.12. The van der Waals surface area contributed by atoms with E-state index in [1.807, 2.05) is 30.3 Å². The molecule has 0 radical (unpaired) electrons. The number of H-pyrrole nitrogens is 1. The van der Waals surface area contributed by atoms with E-state index in [9.17, 15) is 4.79 Å². The highest BCUT2D eigenvalue weighted by molar-refractivity contribution is 6.09. The van der Waals surface area contributed by atoms with E-state index in [1.54, 1.807) is 24.8 Å². The van der Waals surface area contributed by atoms with Crippen LogP contribution >= 0.6 is 0 Å². The Balaban J connectivity index is 2.09. The normalized spacial score (nSPS) is 11.2. The summed E-state index contributed by atoms with van der Waals surface area (Å²) in [5.74, 6) is 0.710. The van der Waals surface area contributed by atoms with Crippen LogP contribution in [0.4, 0.5) is 0 Å². The number of nitrogens with one attached hydrogen (secondary N) is 1. The van der Waals surface area contributed by atoms with E-state index >= 15 is 0 Å². The number of furan rings is 1. The minimum Gasteiger partial charge on any atom is -0.491 e. The number of hydrogen-bond acceptors (Lipinski definition) is 3. The number of aromatic nitrogens is 1. The van der Waals surface area contributed by atoms with Gasteiger partial charge in [-0.05, 0) is 29.3 Å². The zero-order valence-electron chi connectivity index (χ0n) is 13.3. The van der Waals surface area contributed by atoms with Crippen molar-refractivity contribution in [2.24, 2.45) is 0 Å². The lowest BCUT2D eigenvalue weighted by molar-refractivity contribution is 0.321. The predicted molar refractivity (Wildman–Crippen MR) is 95.6 cm³/mol. The molecule has 2 aromatic heterocycles. The minimum atomic E-state index is -0.0247. The van der Waals surface area contributed by atoms with Gasteiger partial charge in [0.05, 0.1) is 30.0 Å². The monoisotopic (exact) mass is 319 g/mol. The summed E-state index contributed by atoms with van der Waals surface area (Å²) in [6, 6.07) is 11.6. The Morgan fingerprint density at radius 3 is 2.88 bits per heavy atom. The highest BCUT2D eigenvalue weighted by Gasteiger charge is 2.15. The van der Waals surface area contributed by atoms with Gasteiger partial charge in [-0.2, -0.15) is 0 Å². The zero-order valence-corrected chi connectivity index (χ0v) is 13.3. The zero-order chi connectivity index (χ0) is 16.5. The third-order valence-corrected chi connectivity index (χ3v) is 4.14. The van der Waals surface area contributed by atoms with E-state index in [2.05, 4.69) is 11.9 Å². The molecule has 0 amide bonds. The van der Waals surface area contributed by atoms with Crippen LogP contribution in [0.5, 0.6) is 5.75 Å². The number of ether oxygens (including phenoxy) is 1. The molecule has 24 heavy (non-hydrogen) atoms. The summed E-state index contributed by atoms with van der Waals surface area (Å²) < 4.78 is 11.0. The fourth-order valence-corrected chi connectivity index (χ4v) is 3.00. The molecule has 0 aliphatic heterocycles.